The highest BCUT2D eigenvalue weighted by Crippen LogP contribution is 2.14. The number of nitrogens with zero attached hydrogens (tertiary/aromatic N) is 1. The average Bonchev–Trinajstić information content (AvgIpc) is 2.66. The van der Waals surface area contributed by atoms with Crippen LogP contribution in [0.1, 0.15) is 33.6 Å². The molecule has 0 bridgehead atoms. The monoisotopic (exact) mass is 262 g/mol. The standard InChI is InChI=1S/C12H26N2O2S/c1-11(9-14-7-5-6-8-14)13-10-12(2,3)17(4,15)16/h11,13H,5-10H2,1-4H3. The van der Waals surface area contributed by atoms with E-state index in [-0.39, 0.29) is 0 Å². The number of likely N-dealkylation sites (tertiary alicyclic amines) is 1. The molecule has 1 saturated heterocycles. The summed E-state index contributed by atoms with van der Waals surface area (Å²) in [5.74, 6) is 0. The molecule has 1 unspecified atom stereocenters. The highest BCUT2D eigenvalue weighted by atomic mass is 32.2. The van der Waals surface area contributed by atoms with Gasteiger partial charge in [0, 0.05) is 25.4 Å². The van der Waals surface area contributed by atoms with Gasteiger partial charge < -0.3 is 10.2 Å². The van der Waals surface area contributed by atoms with Crippen molar-refractivity contribution in [2.24, 2.45) is 0 Å². The van der Waals surface area contributed by atoms with Crippen LogP contribution in [0.25, 0.3) is 0 Å². The Hall–Kier alpha value is -0.130. The van der Waals surface area contributed by atoms with Crippen molar-refractivity contribution in [3.05, 3.63) is 0 Å². The normalized spacial score (nSPS) is 20.7. The molecule has 1 aliphatic rings. The van der Waals surface area contributed by atoms with Crippen molar-refractivity contribution in [2.75, 3.05) is 32.4 Å². The average molecular weight is 262 g/mol. The number of sulfone groups is 1. The molecule has 1 heterocycles. The topological polar surface area (TPSA) is 49.4 Å². The van der Waals surface area contributed by atoms with Crippen LogP contribution in [-0.2, 0) is 9.84 Å². The quantitative estimate of drug-likeness (QED) is 0.772. The van der Waals surface area contributed by atoms with Crippen molar-refractivity contribution in [3.8, 4) is 0 Å². The minimum atomic E-state index is -3.00. The second-order valence-corrected chi connectivity index (χ2v) is 8.47. The van der Waals surface area contributed by atoms with Crippen LogP contribution in [0.5, 0.6) is 0 Å². The van der Waals surface area contributed by atoms with E-state index >= 15 is 0 Å². The summed E-state index contributed by atoms with van der Waals surface area (Å²) in [5.41, 5.74) is 0. The first-order valence-electron chi connectivity index (χ1n) is 6.38. The van der Waals surface area contributed by atoms with Gasteiger partial charge >= 0.3 is 0 Å². The number of hydrogen-bond donors (Lipinski definition) is 1. The molecular formula is C12H26N2O2S. The molecule has 1 aliphatic heterocycles. The van der Waals surface area contributed by atoms with Crippen LogP contribution in [0.15, 0.2) is 0 Å². The van der Waals surface area contributed by atoms with E-state index in [9.17, 15) is 8.42 Å². The molecule has 17 heavy (non-hydrogen) atoms. The zero-order valence-corrected chi connectivity index (χ0v) is 12.3. The Balaban J connectivity index is 2.34. The largest absolute Gasteiger partial charge is 0.311 e. The summed E-state index contributed by atoms with van der Waals surface area (Å²) in [7, 11) is -3.00. The van der Waals surface area contributed by atoms with Gasteiger partial charge in [0.25, 0.3) is 0 Å². The fraction of sp³-hybridized carbons (Fsp3) is 1.00. The summed E-state index contributed by atoms with van der Waals surface area (Å²) in [4.78, 5) is 2.44. The molecule has 1 atom stereocenters. The highest BCUT2D eigenvalue weighted by molar-refractivity contribution is 7.92. The van der Waals surface area contributed by atoms with E-state index in [4.69, 9.17) is 0 Å². The fourth-order valence-corrected chi connectivity index (χ4v) is 2.31. The third-order valence-electron chi connectivity index (χ3n) is 3.61. The van der Waals surface area contributed by atoms with Gasteiger partial charge in [-0.05, 0) is 46.7 Å². The van der Waals surface area contributed by atoms with Crippen LogP contribution in [0.4, 0.5) is 0 Å². The van der Waals surface area contributed by atoms with Crippen molar-refractivity contribution in [2.45, 2.75) is 44.4 Å². The smallest absolute Gasteiger partial charge is 0.153 e. The summed E-state index contributed by atoms with van der Waals surface area (Å²) >= 11 is 0. The Bertz CT molecular complexity index is 332. The molecule has 0 aromatic carbocycles. The second kappa shape index (κ2) is 5.67. The number of hydrogen-bond acceptors (Lipinski definition) is 4. The van der Waals surface area contributed by atoms with Crippen LogP contribution in [-0.4, -0.2) is 56.5 Å². The van der Waals surface area contributed by atoms with E-state index in [2.05, 4.69) is 17.1 Å². The lowest BCUT2D eigenvalue weighted by Crippen LogP contribution is -2.47. The van der Waals surface area contributed by atoms with Gasteiger partial charge in [-0.15, -0.1) is 0 Å². The van der Waals surface area contributed by atoms with Crippen molar-refractivity contribution in [1.82, 2.24) is 10.2 Å². The van der Waals surface area contributed by atoms with Gasteiger partial charge in [0.2, 0.25) is 0 Å². The number of rotatable bonds is 6. The SMILES string of the molecule is CC(CN1CCCC1)NCC(C)(C)S(C)(=O)=O. The Morgan fingerprint density at radius 1 is 1.29 bits per heavy atom. The molecule has 102 valence electrons. The van der Waals surface area contributed by atoms with Gasteiger partial charge in [-0.25, -0.2) is 8.42 Å². The lowest BCUT2D eigenvalue weighted by Gasteiger charge is -2.27. The molecule has 0 aromatic rings. The van der Waals surface area contributed by atoms with Crippen LogP contribution in [0.2, 0.25) is 0 Å². The zero-order valence-electron chi connectivity index (χ0n) is 11.5. The molecular weight excluding hydrogens is 236 g/mol. The van der Waals surface area contributed by atoms with Crippen molar-refractivity contribution in [3.63, 3.8) is 0 Å². The molecule has 0 aromatic heterocycles. The van der Waals surface area contributed by atoms with Crippen molar-refractivity contribution >= 4 is 9.84 Å². The van der Waals surface area contributed by atoms with Crippen molar-refractivity contribution in [1.29, 1.82) is 0 Å². The van der Waals surface area contributed by atoms with Gasteiger partial charge in [0.05, 0.1) is 4.75 Å². The molecule has 1 N–H and O–H groups in total. The summed E-state index contributed by atoms with van der Waals surface area (Å²) < 4.78 is 22.4. The lowest BCUT2D eigenvalue weighted by molar-refractivity contribution is 0.295. The van der Waals surface area contributed by atoms with E-state index in [1.54, 1.807) is 13.8 Å². The number of nitrogens with one attached hydrogen (secondary N) is 1. The molecule has 0 saturated carbocycles. The third-order valence-corrected chi connectivity index (χ3v) is 5.76. The van der Waals surface area contributed by atoms with Crippen LogP contribution in [0.3, 0.4) is 0 Å². The Labute approximate surface area is 106 Å². The Kier molecular flexibility index (Phi) is 4.98. The molecule has 4 nitrogen and oxygen atoms in total. The molecule has 5 heteroatoms. The molecule has 1 fully saturated rings. The van der Waals surface area contributed by atoms with Gasteiger partial charge in [0.1, 0.15) is 0 Å². The molecule has 0 spiro atoms. The predicted octanol–water partition coefficient (Wildman–Crippen LogP) is 0.884. The maximum atomic E-state index is 11.6. The van der Waals surface area contributed by atoms with Crippen LogP contribution in [0, 0.1) is 0 Å². The summed E-state index contributed by atoms with van der Waals surface area (Å²) in [6, 6.07) is 0.342. The first kappa shape index (κ1) is 14.9. The van der Waals surface area contributed by atoms with E-state index in [1.165, 1.54) is 32.2 Å². The van der Waals surface area contributed by atoms with Crippen LogP contribution >= 0.6 is 0 Å². The lowest BCUT2D eigenvalue weighted by atomic mass is 10.2. The molecule has 1 rings (SSSR count). The summed E-state index contributed by atoms with van der Waals surface area (Å²) in [5, 5.41) is 3.34. The highest BCUT2D eigenvalue weighted by Gasteiger charge is 2.30. The molecule has 0 aliphatic carbocycles. The van der Waals surface area contributed by atoms with Crippen molar-refractivity contribution < 1.29 is 8.42 Å². The summed E-state index contributed by atoms with van der Waals surface area (Å²) in [6.07, 6.45) is 3.89. The Morgan fingerprint density at radius 3 is 2.29 bits per heavy atom. The van der Waals surface area contributed by atoms with E-state index in [0.29, 0.717) is 12.6 Å². The third kappa shape index (κ3) is 4.56. The first-order chi connectivity index (χ1) is 7.72. The van der Waals surface area contributed by atoms with Crippen LogP contribution < -0.4 is 5.32 Å². The van der Waals surface area contributed by atoms with Gasteiger partial charge in [-0.2, -0.15) is 0 Å². The van der Waals surface area contributed by atoms with E-state index in [1.807, 2.05) is 0 Å². The van der Waals surface area contributed by atoms with Gasteiger partial charge in [-0.1, -0.05) is 0 Å². The fourth-order valence-electron chi connectivity index (χ4n) is 1.97. The predicted molar refractivity (Wildman–Crippen MR) is 72.1 cm³/mol. The van der Waals surface area contributed by atoms with E-state index in [0.717, 1.165) is 6.54 Å². The van der Waals surface area contributed by atoms with Gasteiger partial charge in [-0.3, -0.25) is 0 Å². The molecule has 0 radical (unpaired) electrons. The van der Waals surface area contributed by atoms with E-state index < -0.39 is 14.6 Å². The minimum absolute atomic E-state index is 0.342. The van der Waals surface area contributed by atoms with Gasteiger partial charge in [0.15, 0.2) is 9.84 Å². The zero-order chi connectivity index (χ0) is 13.1. The maximum absolute atomic E-state index is 11.6. The maximum Gasteiger partial charge on any atom is 0.153 e. The Morgan fingerprint density at radius 2 is 1.82 bits per heavy atom. The first-order valence-corrected chi connectivity index (χ1v) is 8.27. The second-order valence-electron chi connectivity index (χ2n) is 5.82. The minimum Gasteiger partial charge on any atom is -0.311 e. The summed E-state index contributed by atoms with van der Waals surface area (Å²) in [6.45, 7) is 9.57. The molecule has 0 amide bonds.